The fourth-order valence-corrected chi connectivity index (χ4v) is 3.07. The highest BCUT2D eigenvalue weighted by Crippen LogP contribution is 2.28. The van der Waals surface area contributed by atoms with E-state index in [0.29, 0.717) is 11.2 Å². The predicted octanol–water partition coefficient (Wildman–Crippen LogP) is 2.68. The number of benzene rings is 1. The minimum atomic E-state index is -0.510. The lowest BCUT2D eigenvalue weighted by Crippen LogP contribution is -2.28. The van der Waals surface area contributed by atoms with Gasteiger partial charge in [0.25, 0.3) is 5.91 Å². The molecule has 1 amide bonds. The summed E-state index contributed by atoms with van der Waals surface area (Å²) in [6.07, 6.45) is 3.10. The van der Waals surface area contributed by atoms with Crippen LogP contribution in [0.1, 0.15) is 47.4 Å². The van der Waals surface area contributed by atoms with Crippen LogP contribution in [-0.2, 0) is 0 Å². The Kier molecular flexibility index (Phi) is 4.68. The fraction of sp³-hybridized carbons (Fsp3) is 0.250. The lowest BCUT2D eigenvalue weighted by atomic mass is 10.0. The van der Waals surface area contributed by atoms with Gasteiger partial charge in [-0.05, 0) is 38.0 Å². The summed E-state index contributed by atoms with van der Waals surface area (Å²) in [5, 5.41) is 15.6. The van der Waals surface area contributed by atoms with Gasteiger partial charge in [0.2, 0.25) is 0 Å². The van der Waals surface area contributed by atoms with Crippen LogP contribution in [-0.4, -0.2) is 26.9 Å². The van der Waals surface area contributed by atoms with E-state index in [0.717, 1.165) is 12.8 Å². The highest BCUT2D eigenvalue weighted by Gasteiger charge is 2.27. The number of halogens is 1. The first kappa shape index (κ1) is 18.6. The summed E-state index contributed by atoms with van der Waals surface area (Å²) in [6, 6.07) is 7.69. The molecule has 1 unspecified atom stereocenters. The van der Waals surface area contributed by atoms with Gasteiger partial charge in [-0.1, -0.05) is 6.07 Å². The molecule has 3 aromatic rings. The maximum absolute atomic E-state index is 14.3. The second-order valence-corrected chi connectivity index (χ2v) is 6.94. The average molecular weight is 391 g/mol. The smallest absolute Gasteiger partial charge is 0.253 e. The molecule has 1 aromatic carbocycles. The summed E-state index contributed by atoms with van der Waals surface area (Å²) in [7, 11) is 0. The van der Waals surface area contributed by atoms with Crippen LogP contribution in [0.3, 0.4) is 0 Å². The summed E-state index contributed by atoms with van der Waals surface area (Å²) in [4.78, 5) is 25.2. The van der Waals surface area contributed by atoms with Crippen molar-refractivity contribution in [3.05, 3.63) is 53.2 Å². The summed E-state index contributed by atoms with van der Waals surface area (Å²) >= 11 is 0. The fourth-order valence-electron chi connectivity index (χ4n) is 3.07. The molecule has 0 bridgehead atoms. The van der Waals surface area contributed by atoms with E-state index in [9.17, 15) is 14.4 Å². The molecule has 1 aliphatic carbocycles. The summed E-state index contributed by atoms with van der Waals surface area (Å²) in [5.41, 5.74) is 6.97. The monoisotopic (exact) mass is 391 g/mol. The molecule has 4 rings (SSSR count). The van der Waals surface area contributed by atoms with Gasteiger partial charge >= 0.3 is 0 Å². The molecule has 29 heavy (non-hydrogen) atoms. The third kappa shape index (κ3) is 3.65. The molecule has 2 heterocycles. The number of anilines is 2. The Morgan fingerprint density at radius 3 is 2.90 bits per heavy atom. The van der Waals surface area contributed by atoms with Crippen molar-refractivity contribution in [1.82, 2.24) is 20.3 Å². The number of aromatic nitrogens is 3. The predicted molar refractivity (Wildman–Crippen MR) is 105 cm³/mol. The largest absolute Gasteiger partial charge is 0.382 e. The molecule has 1 saturated carbocycles. The van der Waals surface area contributed by atoms with Crippen LogP contribution in [0.2, 0.25) is 0 Å². The summed E-state index contributed by atoms with van der Waals surface area (Å²) in [6.45, 7) is 1.78. The van der Waals surface area contributed by atoms with Gasteiger partial charge in [0.05, 0.1) is 22.8 Å². The van der Waals surface area contributed by atoms with Crippen molar-refractivity contribution >= 4 is 28.4 Å². The van der Waals surface area contributed by atoms with Gasteiger partial charge in [0.1, 0.15) is 35.4 Å². The molecule has 0 radical (unpaired) electrons. The van der Waals surface area contributed by atoms with E-state index in [1.54, 1.807) is 19.1 Å². The highest BCUT2D eigenvalue weighted by atomic mass is 19.1. The number of nitrogens with two attached hydrogens (primary N) is 1. The Morgan fingerprint density at radius 1 is 1.38 bits per heavy atom. The average Bonchev–Trinajstić information content (AvgIpc) is 3.51. The molecule has 0 spiro atoms. The topological polar surface area (TPSA) is 130 Å². The Morgan fingerprint density at radius 2 is 2.17 bits per heavy atom. The summed E-state index contributed by atoms with van der Waals surface area (Å²) in [5.74, 6) is -0.464. The first-order valence-corrected chi connectivity index (χ1v) is 9.15. The van der Waals surface area contributed by atoms with Gasteiger partial charge in [0.15, 0.2) is 0 Å². The molecule has 4 N–H and O–H groups in total. The molecule has 1 aliphatic rings. The third-order valence-electron chi connectivity index (χ3n) is 4.74. The Balaban J connectivity index is 1.77. The van der Waals surface area contributed by atoms with Crippen molar-refractivity contribution in [2.24, 2.45) is 0 Å². The van der Waals surface area contributed by atoms with Crippen LogP contribution in [0.15, 0.2) is 30.6 Å². The van der Waals surface area contributed by atoms with E-state index in [4.69, 9.17) is 5.73 Å². The van der Waals surface area contributed by atoms with E-state index in [1.165, 1.54) is 18.5 Å². The highest BCUT2D eigenvalue weighted by molar-refractivity contribution is 5.99. The van der Waals surface area contributed by atoms with Gasteiger partial charge in [-0.3, -0.25) is 4.79 Å². The van der Waals surface area contributed by atoms with Crippen molar-refractivity contribution < 1.29 is 9.18 Å². The van der Waals surface area contributed by atoms with Gasteiger partial charge in [-0.25, -0.2) is 19.3 Å². The first-order valence-electron chi connectivity index (χ1n) is 9.15. The number of fused-ring (bicyclic) bond motifs is 1. The van der Waals surface area contributed by atoms with E-state index in [2.05, 4.69) is 25.6 Å². The minimum Gasteiger partial charge on any atom is -0.382 e. The Labute approximate surface area is 166 Å². The number of hydrogen-bond acceptors (Lipinski definition) is 7. The molecule has 0 aliphatic heterocycles. The van der Waals surface area contributed by atoms with Crippen LogP contribution in [0.5, 0.6) is 0 Å². The van der Waals surface area contributed by atoms with Gasteiger partial charge in [-0.15, -0.1) is 0 Å². The lowest BCUT2D eigenvalue weighted by Gasteiger charge is -2.19. The number of nitriles is 1. The minimum absolute atomic E-state index is 0.0532. The van der Waals surface area contributed by atoms with E-state index in [1.807, 2.05) is 6.07 Å². The first-order chi connectivity index (χ1) is 14.0. The van der Waals surface area contributed by atoms with Crippen molar-refractivity contribution in [1.29, 1.82) is 5.26 Å². The van der Waals surface area contributed by atoms with Crippen LogP contribution in [0.4, 0.5) is 16.0 Å². The van der Waals surface area contributed by atoms with Crippen LogP contribution in [0.25, 0.3) is 10.9 Å². The van der Waals surface area contributed by atoms with E-state index in [-0.39, 0.29) is 40.1 Å². The molecule has 1 atom stereocenters. The maximum Gasteiger partial charge on any atom is 0.253 e. The molecule has 9 heteroatoms. The number of amides is 1. The number of carbonyl (C=O) groups excluding carboxylic acids is 1. The number of hydrogen-bond donors (Lipinski definition) is 3. The van der Waals surface area contributed by atoms with Crippen molar-refractivity contribution in [3.8, 4) is 6.07 Å². The Hall–Kier alpha value is -3.80. The number of pyridine rings is 1. The van der Waals surface area contributed by atoms with Crippen LogP contribution >= 0.6 is 0 Å². The van der Waals surface area contributed by atoms with Gasteiger partial charge in [-0.2, -0.15) is 5.26 Å². The Bertz CT molecular complexity index is 1150. The van der Waals surface area contributed by atoms with Crippen molar-refractivity contribution in [2.45, 2.75) is 31.8 Å². The van der Waals surface area contributed by atoms with Crippen molar-refractivity contribution in [2.75, 3.05) is 11.1 Å². The molecular weight excluding hydrogens is 373 g/mol. The quantitative estimate of drug-likeness (QED) is 0.609. The molecule has 2 aromatic heterocycles. The lowest BCUT2D eigenvalue weighted by molar-refractivity contribution is 0.0949. The number of nitrogen functional groups attached to an aromatic ring is 1. The van der Waals surface area contributed by atoms with E-state index < -0.39 is 11.9 Å². The van der Waals surface area contributed by atoms with E-state index >= 15 is 0 Å². The van der Waals surface area contributed by atoms with Crippen LogP contribution < -0.4 is 16.4 Å². The van der Waals surface area contributed by atoms with Gasteiger partial charge in [0, 0.05) is 11.4 Å². The normalized spacial score (nSPS) is 14.2. The maximum atomic E-state index is 14.3. The zero-order chi connectivity index (χ0) is 20.5. The SMILES string of the molecule is CC(Nc1ncnc(N)c1C#N)c1nc2cccc(F)c2cc1C(=O)NC1CC1. The number of carbonyl (C=O) groups is 1. The zero-order valence-electron chi connectivity index (χ0n) is 15.6. The number of rotatable bonds is 5. The second-order valence-electron chi connectivity index (χ2n) is 6.94. The number of nitrogens with zero attached hydrogens (tertiary/aromatic N) is 4. The van der Waals surface area contributed by atoms with Crippen molar-refractivity contribution in [3.63, 3.8) is 0 Å². The second kappa shape index (κ2) is 7.31. The third-order valence-corrected chi connectivity index (χ3v) is 4.74. The molecule has 8 nitrogen and oxygen atoms in total. The number of nitrogens with one attached hydrogen (secondary N) is 2. The van der Waals surface area contributed by atoms with Gasteiger partial charge < -0.3 is 16.4 Å². The molecule has 146 valence electrons. The van der Waals surface area contributed by atoms with Crippen LogP contribution in [0, 0.1) is 17.1 Å². The molecule has 0 saturated heterocycles. The molecular formula is C20H18FN7O. The standard InChI is InChI=1S/C20H18FN7O/c1-10(26-19-14(8-22)18(23)24-9-25-19)17-13(20(29)27-11-5-6-11)7-12-15(21)3-2-4-16(12)28-17/h2-4,7,9-11H,5-6H2,1H3,(H,27,29)(H3,23,24,25,26). The summed E-state index contributed by atoms with van der Waals surface area (Å²) < 4.78 is 14.3. The zero-order valence-corrected chi connectivity index (χ0v) is 15.6. The molecule has 1 fully saturated rings.